The molecule has 0 bridgehead atoms. The van der Waals surface area contributed by atoms with E-state index in [9.17, 15) is 27.2 Å². The van der Waals surface area contributed by atoms with Crippen molar-refractivity contribution >= 4 is 17.5 Å². The number of halogens is 4. The van der Waals surface area contributed by atoms with E-state index in [2.05, 4.69) is 13.5 Å². The number of carbonyl (C=O) groups excluding carboxylic acids is 2. The van der Waals surface area contributed by atoms with E-state index >= 15 is 0 Å². The predicted molar refractivity (Wildman–Crippen MR) is 180 cm³/mol. The molecule has 3 rings (SSSR count). The van der Waals surface area contributed by atoms with Crippen LogP contribution in [0.25, 0.3) is 5.57 Å². The standard InChI is InChI=1S/C39H48F4O5/c1-3-5-6-7-8-9-10-11-12-13-14-18-21-35(39(41,42)43)48-36(44)33-23-22-32(29-34(33)40)47-37(45)38(46-28-4-2)26-24-31(25-27-38)30-19-16-15-17-20-30/h4,15-17,19-20,22-26,29,35H,2-3,5-14,18,21,27-28H2,1H3. The number of unbranched alkanes of at least 4 members (excludes halogenated alkanes) is 11. The third kappa shape index (κ3) is 12.4. The summed E-state index contributed by atoms with van der Waals surface area (Å²) >= 11 is 0. The van der Waals surface area contributed by atoms with Crippen molar-refractivity contribution in [2.24, 2.45) is 0 Å². The van der Waals surface area contributed by atoms with Crippen LogP contribution in [0.2, 0.25) is 0 Å². The lowest BCUT2D eigenvalue weighted by molar-refractivity contribution is -0.206. The van der Waals surface area contributed by atoms with E-state index in [1.165, 1.54) is 44.6 Å². The van der Waals surface area contributed by atoms with Crippen LogP contribution in [0.15, 0.2) is 79.4 Å². The van der Waals surface area contributed by atoms with Crippen LogP contribution in [0.5, 0.6) is 5.75 Å². The zero-order valence-electron chi connectivity index (χ0n) is 27.9. The molecule has 2 aromatic carbocycles. The Hall–Kier alpha value is -3.72. The van der Waals surface area contributed by atoms with Crippen LogP contribution in [0.4, 0.5) is 17.6 Å². The van der Waals surface area contributed by atoms with Gasteiger partial charge in [0.2, 0.25) is 0 Å². The van der Waals surface area contributed by atoms with Crippen molar-refractivity contribution in [2.45, 2.75) is 115 Å². The van der Waals surface area contributed by atoms with Gasteiger partial charge in [-0.1, -0.05) is 126 Å². The molecule has 0 heterocycles. The molecule has 2 atom stereocenters. The first-order chi connectivity index (χ1) is 23.1. The number of ether oxygens (including phenoxy) is 3. The first-order valence-corrected chi connectivity index (χ1v) is 17.1. The molecule has 0 aromatic heterocycles. The van der Waals surface area contributed by atoms with E-state index in [1.807, 2.05) is 36.4 Å². The normalized spacial score (nSPS) is 16.6. The summed E-state index contributed by atoms with van der Waals surface area (Å²) in [6, 6.07) is 12.4. The van der Waals surface area contributed by atoms with Gasteiger partial charge in [0.25, 0.3) is 0 Å². The minimum atomic E-state index is -4.79. The van der Waals surface area contributed by atoms with Gasteiger partial charge in [0.05, 0.1) is 12.2 Å². The second-order valence-electron chi connectivity index (χ2n) is 12.2. The maximum Gasteiger partial charge on any atom is 0.425 e. The van der Waals surface area contributed by atoms with Gasteiger partial charge in [-0.25, -0.2) is 14.0 Å². The Bertz CT molecular complexity index is 1370. The van der Waals surface area contributed by atoms with Crippen molar-refractivity contribution in [2.75, 3.05) is 6.61 Å². The van der Waals surface area contributed by atoms with Crippen molar-refractivity contribution in [1.29, 1.82) is 0 Å². The Morgan fingerprint density at radius 3 is 2.08 bits per heavy atom. The summed E-state index contributed by atoms with van der Waals surface area (Å²) in [5.74, 6) is -3.70. The number of benzene rings is 2. The zero-order valence-corrected chi connectivity index (χ0v) is 27.9. The summed E-state index contributed by atoms with van der Waals surface area (Å²) in [7, 11) is 0. The highest BCUT2D eigenvalue weighted by Gasteiger charge is 2.43. The minimum absolute atomic E-state index is 0.0344. The van der Waals surface area contributed by atoms with Crippen LogP contribution in [0.3, 0.4) is 0 Å². The fourth-order valence-electron chi connectivity index (χ4n) is 5.56. The summed E-state index contributed by atoms with van der Waals surface area (Å²) in [6.45, 7) is 5.84. The maximum atomic E-state index is 15.0. The molecule has 48 heavy (non-hydrogen) atoms. The van der Waals surface area contributed by atoms with E-state index in [1.54, 1.807) is 12.2 Å². The SMILES string of the molecule is C=CCOC1(C(=O)Oc2ccc(C(=O)OC(CCCCCCCCCCCCCC)C(F)(F)F)c(F)c2)C=CC(c2ccccc2)=CC1. The van der Waals surface area contributed by atoms with Crippen LogP contribution in [0, 0.1) is 5.82 Å². The number of carbonyl (C=O) groups is 2. The molecule has 0 amide bonds. The molecule has 0 aliphatic heterocycles. The molecule has 0 spiro atoms. The van der Waals surface area contributed by atoms with E-state index in [0.717, 1.165) is 55.0 Å². The number of alkyl halides is 3. The number of esters is 2. The maximum absolute atomic E-state index is 15.0. The van der Waals surface area contributed by atoms with Gasteiger partial charge in [0, 0.05) is 12.5 Å². The largest absolute Gasteiger partial charge is 0.449 e. The van der Waals surface area contributed by atoms with E-state index in [4.69, 9.17) is 14.2 Å². The van der Waals surface area contributed by atoms with Crippen LogP contribution < -0.4 is 4.74 Å². The third-order valence-electron chi connectivity index (χ3n) is 8.37. The fourth-order valence-corrected chi connectivity index (χ4v) is 5.56. The quantitative estimate of drug-likeness (QED) is 0.0434. The molecule has 0 radical (unpaired) electrons. The molecule has 0 N–H and O–H groups in total. The van der Waals surface area contributed by atoms with Crippen molar-refractivity contribution in [3.05, 3.63) is 96.4 Å². The van der Waals surface area contributed by atoms with Gasteiger partial charge in [-0.2, -0.15) is 13.2 Å². The van der Waals surface area contributed by atoms with E-state index in [-0.39, 0.29) is 25.2 Å². The Morgan fingerprint density at radius 2 is 1.54 bits per heavy atom. The Balaban J connectivity index is 1.52. The smallest absolute Gasteiger partial charge is 0.425 e. The summed E-state index contributed by atoms with van der Waals surface area (Å²) < 4.78 is 72.0. The average Bonchev–Trinajstić information content (AvgIpc) is 3.07. The Kier molecular flexibility index (Phi) is 16.1. The molecular formula is C39H48F4O5. The van der Waals surface area contributed by atoms with Crippen molar-refractivity contribution in [1.82, 2.24) is 0 Å². The highest BCUT2D eigenvalue weighted by Crippen LogP contribution is 2.33. The summed E-state index contributed by atoms with van der Waals surface area (Å²) in [4.78, 5) is 25.9. The highest BCUT2D eigenvalue weighted by molar-refractivity contribution is 5.91. The van der Waals surface area contributed by atoms with Crippen molar-refractivity contribution < 1.29 is 41.4 Å². The van der Waals surface area contributed by atoms with Gasteiger partial charge in [-0.05, 0) is 42.2 Å². The average molecular weight is 673 g/mol. The Labute approximate surface area is 282 Å². The van der Waals surface area contributed by atoms with Gasteiger partial charge in [-0.3, -0.25) is 0 Å². The van der Waals surface area contributed by atoms with E-state index < -0.39 is 47.6 Å². The zero-order chi connectivity index (χ0) is 34.8. The lowest BCUT2D eigenvalue weighted by Crippen LogP contribution is -2.43. The molecule has 9 heteroatoms. The van der Waals surface area contributed by atoms with Crippen molar-refractivity contribution in [3.63, 3.8) is 0 Å². The number of allylic oxidation sites excluding steroid dienone is 2. The molecule has 0 saturated heterocycles. The number of rotatable bonds is 21. The summed E-state index contributed by atoms with van der Waals surface area (Å²) in [6.07, 6.45) is 11.4. The topological polar surface area (TPSA) is 61.8 Å². The second kappa shape index (κ2) is 19.9. The highest BCUT2D eigenvalue weighted by atomic mass is 19.4. The molecule has 1 aliphatic carbocycles. The molecule has 2 aromatic rings. The molecule has 262 valence electrons. The monoisotopic (exact) mass is 672 g/mol. The van der Waals surface area contributed by atoms with Gasteiger partial charge >= 0.3 is 18.1 Å². The summed E-state index contributed by atoms with van der Waals surface area (Å²) in [5.41, 5.74) is -0.379. The fraction of sp³-hybridized carbons (Fsp3) is 0.487. The lowest BCUT2D eigenvalue weighted by atomic mass is 9.89. The molecular weight excluding hydrogens is 624 g/mol. The van der Waals surface area contributed by atoms with Crippen LogP contribution in [-0.2, 0) is 14.3 Å². The first kappa shape index (κ1) is 38.7. The molecule has 0 fully saturated rings. The van der Waals surface area contributed by atoms with Gasteiger partial charge in [0.1, 0.15) is 11.6 Å². The van der Waals surface area contributed by atoms with Crippen LogP contribution in [0.1, 0.15) is 113 Å². The van der Waals surface area contributed by atoms with Crippen LogP contribution in [-0.4, -0.2) is 36.4 Å². The second-order valence-corrected chi connectivity index (χ2v) is 12.2. The number of hydrogen-bond acceptors (Lipinski definition) is 5. The minimum Gasteiger partial charge on any atom is -0.449 e. The molecule has 1 aliphatic rings. The van der Waals surface area contributed by atoms with E-state index in [0.29, 0.717) is 6.42 Å². The lowest BCUT2D eigenvalue weighted by Gasteiger charge is -2.30. The summed E-state index contributed by atoms with van der Waals surface area (Å²) in [5, 5.41) is 0. The first-order valence-electron chi connectivity index (χ1n) is 17.1. The Morgan fingerprint density at radius 1 is 0.917 bits per heavy atom. The third-order valence-corrected chi connectivity index (χ3v) is 8.37. The molecule has 5 nitrogen and oxygen atoms in total. The molecule has 2 unspecified atom stereocenters. The van der Waals surface area contributed by atoms with Gasteiger partial charge in [0.15, 0.2) is 11.7 Å². The molecule has 0 saturated carbocycles. The van der Waals surface area contributed by atoms with Crippen LogP contribution >= 0.6 is 0 Å². The number of hydrogen-bond donors (Lipinski definition) is 0. The van der Waals surface area contributed by atoms with Gasteiger partial charge in [-0.15, -0.1) is 6.58 Å². The van der Waals surface area contributed by atoms with Crippen molar-refractivity contribution in [3.8, 4) is 5.75 Å². The predicted octanol–water partition coefficient (Wildman–Crippen LogP) is 10.9. The van der Waals surface area contributed by atoms with Gasteiger partial charge < -0.3 is 14.2 Å².